The molecule has 150 valence electrons. The number of carbonyl (C=O) groups is 1. The number of rotatable bonds is 8. The van der Waals surface area contributed by atoms with Gasteiger partial charge in [-0.05, 0) is 48.9 Å². The van der Waals surface area contributed by atoms with E-state index in [1.807, 2.05) is 49.4 Å². The normalized spacial score (nSPS) is 10.8. The van der Waals surface area contributed by atoms with Gasteiger partial charge in [0, 0.05) is 32.5 Å². The van der Waals surface area contributed by atoms with Crippen molar-refractivity contribution in [2.75, 3.05) is 18.5 Å². The van der Waals surface area contributed by atoms with Crippen molar-refractivity contribution in [2.45, 2.75) is 13.5 Å². The number of hydrogen-bond acceptors (Lipinski definition) is 4. The Bertz CT molecular complexity index is 1020. The average molecular weight is 475 g/mol. The molecule has 0 aliphatic rings. The molecule has 0 unspecified atom stereocenters. The number of halogens is 2. The highest BCUT2D eigenvalue weighted by atomic mass is 79.9. The van der Waals surface area contributed by atoms with Gasteiger partial charge in [-0.3, -0.25) is 4.79 Å². The number of hydrogen-bond donors (Lipinski definition) is 2. The van der Waals surface area contributed by atoms with E-state index in [9.17, 15) is 4.79 Å². The lowest BCUT2D eigenvalue weighted by Gasteiger charge is -2.14. The van der Waals surface area contributed by atoms with Gasteiger partial charge in [0.15, 0.2) is 5.78 Å². The number of ketones is 1. The van der Waals surface area contributed by atoms with Crippen molar-refractivity contribution in [3.8, 4) is 0 Å². The summed E-state index contributed by atoms with van der Waals surface area (Å²) in [4.78, 5) is 12.8. The maximum atomic E-state index is 12.8. The second-order valence-corrected chi connectivity index (χ2v) is 7.86. The van der Waals surface area contributed by atoms with Crippen LogP contribution in [0, 0.1) is 6.92 Å². The third kappa shape index (κ3) is 5.46. The van der Waals surface area contributed by atoms with Crippen LogP contribution in [0.4, 0.5) is 11.4 Å². The van der Waals surface area contributed by atoms with Crippen LogP contribution in [0.3, 0.4) is 0 Å². The molecule has 0 saturated heterocycles. The van der Waals surface area contributed by atoms with Gasteiger partial charge in [0.05, 0.1) is 24.8 Å². The van der Waals surface area contributed by atoms with Gasteiger partial charge in [-0.15, -0.1) is 0 Å². The van der Waals surface area contributed by atoms with Crippen LogP contribution in [0.25, 0.3) is 0 Å². The highest BCUT2D eigenvalue weighted by molar-refractivity contribution is 9.10. The highest BCUT2D eigenvalue weighted by Crippen LogP contribution is 2.29. The summed E-state index contributed by atoms with van der Waals surface area (Å²) in [6.07, 6.45) is 0. The Balaban J connectivity index is 1.83. The van der Waals surface area contributed by atoms with E-state index < -0.39 is 0 Å². The number of aliphatic hydroxyl groups excluding tert-OH is 1. The molecule has 0 aliphatic heterocycles. The van der Waals surface area contributed by atoms with E-state index in [-0.39, 0.29) is 19.0 Å². The summed E-state index contributed by atoms with van der Waals surface area (Å²) >= 11 is 9.90. The summed E-state index contributed by atoms with van der Waals surface area (Å²) in [5.41, 5.74) is 4.59. The molecule has 0 atom stereocenters. The van der Waals surface area contributed by atoms with Crippen molar-refractivity contribution in [1.29, 1.82) is 0 Å². The van der Waals surface area contributed by atoms with Crippen LogP contribution in [-0.4, -0.2) is 24.1 Å². The molecular weight excluding hydrogens is 454 g/mol. The topological polar surface area (TPSA) is 58.6 Å². The van der Waals surface area contributed by atoms with Gasteiger partial charge < -0.3 is 15.2 Å². The number of nitrogens with one attached hydrogen (secondary N) is 1. The lowest BCUT2D eigenvalue weighted by molar-refractivity contribution is 0.0818. The molecule has 0 spiro atoms. The van der Waals surface area contributed by atoms with Gasteiger partial charge in [-0.25, -0.2) is 0 Å². The van der Waals surface area contributed by atoms with Crippen molar-refractivity contribution < 1.29 is 14.6 Å². The number of benzene rings is 3. The van der Waals surface area contributed by atoms with Crippen LogP contribution < -0.4 is 5.32 Å². The molecule has 29 heavy (non-hydrogen) atoms. The lowest BCUT2D eigenvalue weighted by Crippen LogP contribution is -2.05. The molecule has 0 radical (unpaired) electrons. The number of ether oxygens (including phenoxy) is 1. The molecule has 0 aliphatic carbocycles. The summed E-state index contributed by atoms with van der Waals surface area (Å²) in [6, 6.07) is 18.6. The third-order valence-electron chi connectivity index (χ3n) is 4.44. The van der Waals surface area contributed by atoms with Crippen molar-refractivity contribution >= 4 is 44.7 Å². The smallest absolute Gasteiger partial charge is 0.194 e. The maximum absolute atomic E-state index is 12.8. The molecular formula is C23H21BrClNO3. The van der Waals surface area contributed by atoms with Gasteiger partial charge in [0.1, 0.15) is 0 Å². The Morgan fingerprint density at radius 1 is 1.10 bits per heavy atom. The van der Waals surface area contributed by atoms with Crippen LogP contribution in [0.15, 0.2) is 65.1 Å². The number of aliphatic hydroxyl groups is 1. The Hall–Kier alpha value is -2.18. The van der Waals surface area contributed by atoms with Crippen LogP contribution in [-0.2, 0) is 11.3 Å². The number of aryl methyl sites for hydroxylation is 1. The lowest BCUT2D eigenvalue weighted by atomic mass is 9.99. The van der Waals surface area contributed by atoms with Crippen LogP contribution in [0.5, 0.6) is 0 Å². The van der Waals surface area contributed by atoms with Crippen molar-refractivity contribution in [1.82, 2.24) is 0 Å². The van der Waals surface area contributed by atoms with Gasteiger partial charge in [-0.1, -0.05) is 51.8 Å². The maximum Gasteiger partial charge on any atom is 0.194 e. The van der Waals surface area contributed by atoms with Gasteiger partial charge in [0.25, 0.3) is 0 Å². The molecule has 0 saturated carbocycles. The number of anilines is 2. The molecule has 0 amide bonds. The predicted molar refractivity (Wildman–Crippen MR) is 120 cm³/mol. The largest absolute Gasteiger partial charge is 0.394 e. The van der Waals surface area contributed by atoms with Crippen LogP contribution in [0.1, 0.15) is 27.0 Å². The number of carbonyl (C=O) groups excluding carboxylic acids is 1. The first-order chi connectivity index (χ1) is 14.0. The zero-order valence-corrected chi connectivity index (χ0v) is 18.3. The predicted octanol–water partition coefficient (Wildman–Crippen LogP) is 5.89. The fourth-order valence-corrected chi connectivity index (χ4v) is 3.63. The monoisotopic (exact) mass is 473 g/mol. The zero-order valence-electron chi connectivity index (χ0n) is 15.9. The summed E-state index contributed by atoms with van der Waals surface area (Å²) < 4.78 is 6.39. The zero-order chi connectivity index (χ0) is 20.8. The van der Waals surface area contributed by atoms with Crippen molar-refractivity contribution in [3.63, 3.8) is 0 Å². The summed E-state index contributed by atoms with van der Waals surface area (Å²) in [5, 5.41) is 12.6. The van der Waals surface area contributed by atoms with Gasteiger partial charge in [-0.2, -0.15) is 0 Å². The first-order valence-electron chi connectivity index (χ1n) is 9.13. The molecule has 2 N–H and O–H groups in total. The van der Waals surface area contributed by atoms with E-state index in [1.165, 1.54) is 0 Å². The first kappa shape index (κ1) is 21.5. The van der Waals surface area contributed by atoms with Crippen molar-refractivity contribution in [3.05, 3.63) is 92.4 Å². The summed E-state index contributed by atoms with van der Waals surface area (Å²) in [7, 11) is 0. The van der Waals surface area contributed by atoms with Crippen molar-refractivity contribution in [2.24, 2.45) is 0 Å². The molecule has 6 heteroatoms. The van der Waals surface area contributed by atoms with E-state index in [4.69, 9.17) is 21.4 Å². The first-order valence-corrected chi connectivity index (χ1v) is 10.3. The highest BCUT2D eigenvalue weighted by Gasteiger charge is 2.15. The second-order valence-electron chi connectivity index (χ2n) is 6.54. The summed E-state index contributed by atoms with van der Waals surface area (Å²) in [5.74, 6) is -0.0959. The van der Waals surface area contributed by atoms with Crippen LogP contribution >= 0.6 is 27.5 Å². The Morgan fingerprint density at radius 3 is 2.62 bits per heavy atom. The fraction of sp³-hybridized carbons (Fsp3) is 0.174. The molecule has 4 nitrogen and oxygen atoms in total. The molecule has 3 aromatic rings. The Morgan fingerprint density at radius 2 is 1.90 bits per heavy atom. The third-order valence-corrected chi connectivity index (χ3v) is 5.25. The van der Waals surface area contributed by atoms with Gasteiger partial charge in [0.2, 0.25) is 0 Å². The quantitative estimate of drug-likeness (QED) is 0.315. The Labute approximate surface area is 183 Å². The second kappa shape index (κ2) is 10.0. The van der Waals surface area contributed by atoms with E-state index in [0.29, 0.717) is 22.8 Å². The molecule has 0 aromatic heterocycles. The molecule has 0 fully saturated rings. The minimum absolute atomic E-state index is 0.0250. The molecule has 3 aromatic carbocycles. The minimum atomic E-state index is -0.0959. The van der Waals surface area contributed by atoms with Gasteiger partial charge >= 0.3 is 0 Å². The standard InChI is InChI=1S/C23H21BrClNO3/c1-15-4-2-3-5-19(15)23(28)20-8-7-18(13-21(20)25)26-22-9-6-17(24)12-16(22)14-29-11-10-27/h2-9,12-13,26-27H,10-11,14H2,1H3. The molecule has 0 heterocycles. The Kier molecular flexibility index (Phi) is 7.45. The average Bonchev–Trinajstić information content (AvgIpc) is 2.70. The van der Waals surface area contributed by atoms with E-state index in [0.717, 1.165) is 27.0 Å². The fourth-order valence-electron chi connectivity index (χ4n) is 2.96. The van der Waals surface area contributed by atoms with E-state index in [2.05, 4.69) is 21.2 Å². The van der Waals surface area contributed by atoms with E-state index >= 15 is 0 Å². The molecule has 0 bridgehead atoms. The minimum Gasteiger partial charge on any atom is -0.394 e. The molecule has 3 rings (SSSR count). The van der Waals surface area contributed by atoms with E-state index in [1.54, 1.807) is 18.2 Å². The SMILES string of the molecule is Cc1ccccc1C(=O)c1ccc(Nc2ccc(Br)cc2COCCO)cc1Cl. The van der Waals surface area contributed by atoms with Crippen LogP contribution in [0.2, 0.25) is 5.02 Å². The summed E-state index contributed by atoms with van der Waals surface area (Å²) in [6.45, 7) is 2.52.